The molecule has 0 N–H and O–H groups in total. The molecule has 0 atom stereocenters. The molecule has 0 saturated heterocycles. The average Bonchev–Trinajstić information content (AvgIpc) is 3.48. The number of hydrogen-bond donors (Lipinski definition) is 0. The first kappa shape index (κ1) is 20.5. The topological polar surface area (TPSA) is 61.9 Å². The summed E-state index contributed by atoms with van der Waals surface area (Å²) in [5, 5.41) is 8.13. The van der Waals surface area contributed by atoms with Crippen LogP contribution in [0.5, 0.6) is 5.75 Å². The minimum atomic E-state index is -0.0193. The van der Waals surface area contributed by atoms with Crippen molar-refractivity contribution in [3.63, 3.8) is 0 Å². The number of para-hydroxylation sites is 1. The molecule has 0 unspecified atom stereocenters. The Labute approximate surface area is 193 Å². The standard InChI is InChI=1S/C24H20N4O2S2/c1-27-23(29)20-12-13-31-22(20)25-24(27)32-15-17-14-28(18-6-4-3-5-7-18)26-21(17)16-8-10-19(30-2)11-9-16/h3-14H,15H2,1-2H3. The van der Waals surface area contributed by atoms with Crippen LogP contribution < -0.4 is 10.3 Å². The molecule has 0 bridgehead atoms. The Morgan fingerprint density at radius 2 is 1.84 bits per heavy atom. The quantitative estimate of drug-likeness (QED) is 0.259. The van der Waals surface area contributed by atoms with Crippen LogP contribution in [0.2, 0.25) is 0 Å². The van der Waals surface area contributed by atoms with Crippen LogP contribution in [0.1, 0.15) is 5.56 Å². The number of fused-ring (bicyclic) bond motifs is 1. The zero-order chi connectivity index (χ0) is 22.1. The van der Waals surface area contributed by atoms with E-state index in [1.807, 2.05) is 76.9 Å². The summed E-state index contributed by atoms with van der Waals surface area (Å²) < 4.78 is 8.81. The lowest BCUT2D eigenvalue weighted by Gasteiger charge is -2.07. The van der Waals surface area contributed by atoms with Gasteiger partial charge in [0.15, 0.2) is 5.16 Å². The highest BCUT2D eigenvalue weighted by molar-refractivity contribution is 7.98. The SMILES string of the molecule is COc1ccc(-c2nn(-c3ccccc3)cc2CSc2nc3sccc3c(=O)n2C)cc1. The van der Waals surface area contributed by atoms with Crippen molar-refractivity contribution < 1.29 is 4.74 Å². The number of rotatable bonds is 6. The molecule has 0 fully saturated rings. The van der Waals surface area contributed by atoms with E-state index in [4.69, 9.17) is 14.8 Å². The molecule has 5 rings (SSSR count). The molecule has 8 heteroatoms. The van der Waals surface area contributed by atoms with E-state index in [0.29, 0.717) is 16.3 Å². The Balaban J connectivity index is 1.53. The lowest BCUT2D eigenvalue weighted by molar-refractivity contribution is 0.415. The third-order valence-corrected chi connectivity index (χ3v) is 7.08. The lowest BCUT2D eigenvalue weighted by Crippen LogP contribution is -2.19. The highest BCUT2D eigenvalue weighted by Crippen LogP contribution is 2.31. The normalized spacial score (nSPS) is 11.2. The molecule has 6 nitrogen and oxygen atoms in total. The van der Waals surface area contributed by atoms with Crippen molar-refractivity contribution in [3.8, 4) is 22.7 Å². The number of nitrogens with zero attached hydrogens (tertiary/aromatic N) is 4. The molecule has 0 aliphatic rings. The van der Waals surface area contributed by atoms with Crippen molar-refractivity contribution in [2.45, 2.75) is 10.9 Å². The minimum absolute atomic E-state index is 0.0193. The van der Waals surface area contributed by atoms with Gasteiger partial charge in [-0.15, -0.1) is 11.3 Å². The van der Waals surface area contributed by atoms with Crippen molar-refractivity contribution >= 4 is 33.3 Å². The van der Waals surface area contributed by atoms with E-state index in [0.717, 1.165) is 33.1 Å². The zero-order valence-corrected chi connectivity index (χ0v) is 19.2. The fourth-order valence-corrected chi connectivity index (χ4v) is 5.21. The maximum Gasteiger partial charge on any atom is 0.262 e. The molecule has 5 aromatic rings. The number of benzene rings is 2. The minimum Gasteiger partial charge on any atom is -0.497 e. The molecule has 0 radical (unpaired) electrons. The van der Waals surface area contributed by atoms with Crippen LogP contribution in [0, 0.1) is 0 Å². The van der Waals surface area contributed by atoms with E-state index in [1.54, 1.807) is 18.7 Å². The monoisotopic (exact) mass is 460 g/mol. The van der Waals surface area contributed by atoms with Gasteiger partial charge in [-0.05, 0) is 47.8 Å². The molecule has 0 saturated carbocycles. The van der Waals surface area contributed by atoms with Gasteiger partial charge in [-0.3, -0.25) is 9.36 Å². The summed E-state index contributed by atoms with van der Waals surface area (Å²) in [6, 6.07) is 19.7. The van der Waals surface area contributed by atoms with Crippen molar-refractivity contribution in [2.75, 3.05) is 7.11 Å². The third-order valence-electron chi connectivity index (χ3n) is 5.19. The predicted molar refractivity (Wildman–Crippen MR) is 130 cm³/mol. The number of thioether (sulfide) groups is 1. The first-order valence-corrected chi connectivity index (χ1v) is 11.9. The summed E-state index contributed by atoms with van der Waals surface area (Å²) in [6.07, 6.45) is 2.05. The first-order chi connectivity index (χ1) is 15.6. The second-order valence-electron chi connectivity index (χ2n) is 7.20. The Hall–Kier alpha value is -3.36. The van der Waals surface area contributed by atoms with Crippen LogP contribution in [0.4, 0.5) is 0 Å². The van der Waals surface area contributed by atoms with Gasteiger partial charge in [0, 0.05) is 30.1 Å². The smallest absolute Gasteiger partial charge is 0.262 e. The first-order valence-electron chi connectivity index (χ1n) is 9.99. The van der Waals surface area contributed by atoms with Gasteiger partial charge in [0.05, 0.1) is 23.9 Å². The van der Waals surface area contributed by atoms with Gasteiger partial charge in [0.1, 0.15) is 10.6 Å². The highest BCUT2D eigenvalue weighted by Gasteiger charge is 2.15. The van der Waals surface area contributed by atoms with Crippen molar-refractivity contribution in [1.29, 1.82) is 0 Å². The molecule has 0 aliphatic heterocycles. The summed E-state index contributed by atoms with van der Waals surface area (Å²) in [5.41, 5.74) is 3.93. The summed E-state index contributed by atoms with van der Waals surface area (Å²) in [6.45, 7) is 0. The second kappa shape index (κ2) is 8.64. The van der Waals surface area contributed by atoms with Crippen LogP contribution in [0.15, 0.2) is 82.2 Å². The zero-order valence-electron chi connectivity index (χ0n) is 17.6. The van der Waals surface area contributed by atoms with Crippen LogP contribution in [-0.4, -0.2) is 26.4 Å². The number of ether oxygens (including phenoxy) is 1. The maximum atomic E-state index is 12.6. The Morgan fingerprint density at radius 1 is 1.06 bits per heavy atom. The van der Waals surface area contributed by atoms with Gasteiger partial charge in [0.25, 0.3) is 5.56 Å². The average molecular weight is 461 g/mol. The summed E-state index contributed by atoms with van der Waals surface area (Å²) in [4.78, 5) is 18.1. The van der Waals surface area contributed by atoms with Crippen molar-refractivity contribution in [2.24, 2.45) is 7.05 Å². The van der Waals surface area contributed by atoms with E-state index in [2.05, 4.69) is 0 Å². The van der Waals surface area contributed by atoms with Crippen molar-refractivity contribution in [3.05, 3.63) is 88.2 Å². The number of thiophene rings is 1. The molecular weight excluding hydrogens is 440 g/mol. The molecule has 2 aromatic carbocycles. The van der Waals surface area contributed by atoms with Crippen molar-refractivity contribution in [1.82, 2.24) is 19.3 Å². The van der Waals surface area contributed by atoms with Crippen LogP contribution in [0.3, 0.4) is 0 Å². The maximum absolute atomic E-state index is 12.6. The second-order valence-corrected chi connectivity index (χ2v) is 9.04. The number of methoxy groups -OCH3 is 1. The van der Waals surface area contributed by atoms with E-state index in [9.17, 15) is 4.79 Å². The number of hydrogen-bond acceptors (Lipinski definition) is 6. The predicted octanol–water partition coefficient (Wildman–Crippen LogP) is 5.15. The lowest BCUT2D eigenvalue weighted by atomic mass is 10.1. The highest BCUT2D eigenvalue weighted by atomic mass is 32.2. The van der Waals surface area contributed by atoms with E-state index in [-0.39, 0.29) is 5.56 Å². The summed E-state index contributed by atoms with van der Waals surface area (Å²) in [5.74, 6) is 1.43. The summed E-state index contributed by atoms with van der Waals surface area (Å²) in [7, 11) is 3.43. The largest absolute Gasteiger partial charge is 0.497 e. The van der Waals surface area contributed by atoms with Gasteiger partial charge in [-0.1, -0.05) is 30.0 Å². The third kappa shape index (κ3) is 3.83. The Morgan fingerprint density at radius 3 is 2.59 bits per heavy atom. The van der Waals surface area contributed by atoms with Gasteiger partial charge >= 0.3 is 0 Å². The van der Waals surface area contributed by atoms with Gasteiger partial charge in [-0.25, -0.2) is 9.67 Å². The van der Waals surface area contributed by atoms with Crippen LogP contribution in [0.25, 0.3) is 27.2 Å². The van der Waals surface area contributed by atoms with E-state index < -0.39 is 0 Å². The molecule has 0 aliphatic carbocycles. The van der Waals surface area contributed by atoms with E-state index in [1.165, 1.54) is 23.1 Å². The van der Waals surface area contributed by atoms with Crippen LogP contribution in [-0.2, 0) is 12.8 Å². The van der Waals surface area contributed by atoms with E-state index >= 15 is 0 Å². The summed E-state index contributed by atoms with van der Waals surface area (Å²) >= 11 is 3.02. The Kier molecular flexibility index (Phi) is 5.55. The molecule has 3 heterocycles. The molecule has 3 aromatic heterocycles. The number of aromatic nitrogens is 4. The van der Waals surface area contributed by atoms with Crippen LogP contribution >= 0.6 is 23.1 Å². The van der Waals surface area contributed by atoms with Gasteiger partial charge in [-0.2, -0.15) is 5.10 Å². The van der Waals surface area contributed by atoms with Gasteiger partial charge in [0.2, 0.25) is 0 Å². The fraction of sp³-hybridized carbons (Fsp3) is 0.125. The fourth-order valence-electron chi connectivity index (χ4n) is 3.47. The van der Waals surface area contributed by atoms with Gasteiger partial charge < -0.3 is 4.74 Å². The molecule has 160 valence electrons. The molecule has 32 heavy (non-hydrogen) atoms. The Bertz CT molecular complexity index is 1440. The molecule has 0 amide bonds. The molecule has 0 spiro atoms. The molecular formula is C24H20N4O2S2.